The van der Waals surface area contributed by atoms with Crippen LogP contribution in [0.2, 0.25) is 0 Å². The number of rotatable bonds is 3. The normalized spacial score (nSPS) is 28.5. The van der Waals surface area contributed by atoms with Crippen LogP contribution in [0.5, 0.6) is 0 Å². The number of para-hydroxylation sites is 1. The number of hydrogen-bond donors (Lipinski definition) is 1. The first-order chi connectivity index (χ1) is 12.5. The second-order valence-corrected chi connectivity index (χ2v) is 9.54. The molecule has 136 valence electrons. The molecule has 1 N–H and O–H groups in total. The van der Waals surface area contributed by atoms with Crippen molar-refractivity contribution in [3.8, 4) is 0 Å². The Bertz CT molecular complexity index is 1010. The number of nitrogens with zero attached hydrogens (tertiary/aromatic N) is 3. The van der Waals surface area contributed by atoms with Crippen molar-refractivity contribution in [2.45, 2.75) is 36.0 Å². The SMILES string of the molecule is Cn1ccnc1[C@@H]1N(S(=O)(=O)C2CC2)CC[C@]12C(=O)Nc1ccccc12. The number of fused-ring (bicyclic) bond motifs is 2. The van der Waals surface area contributed by atoms with E-state index in [9.17, 15) is 13.2 Å². The summed E-state index contributed by atoms with van der Waals surface area (Å²) < 4.78 is 29.6. The molecular formula is C18H20N4O3S. The quantitative estimate of drug-likeness (QED) is 0.886. The van der Waals surface area contributed by atoms with Crippen molar-refractivity contribution in [1.82, 2.24) is 13.9 Å². The van der Waals surface area contributed by atoms with Crippen molar-refractivity contribution in [2.24, 2.45) is 7.05 Å². The molecule has 1 saturated carbocycles. The largest absolute Gasteiger partial charge is 0.337 e. The first-order valence-corrected chi connectivity index (χ1v) is 10.4. The van der Waals surface area contributed by atoms with E-state index in [0.717, 1.165) is 11.3 Å². The summed E-state index contributed by atoms with van der Waals surface area (Å²) in [5.74, 6) is 0.471. The Labute approximate surface area is 152 Å². The second kappa shape index (κ2) is 5.17. The Morgan fingerprint density at radius 2 is 2.04 bits per heavy atom. The van der Waals surface area contributed by atoms with Crippen molar-refractivity contribution in [1.29, 1.82) is 0 Å². The molecule has 7 nitrogen and oxygen atoms in total. The summed E-state index contributed by atoms with van der Waals surface area (Å²) in [7, 11) is -1.60. The van der Waals surface area contributed by atoms with E-state index in [-0.39, 0.29) is 11.2 Å². The fraction of sp³-hybridized carbons (Fsp3) is 0.444. The number of hydrogen-bond acceptors (Lipinski definition) is 4. The molecule has 1 aromatic carbocycles. The van der Waals surface area contributed by atoms with E-state index in [2.05, 4.69) is 10.3 Å². The van der Waals surface area contributed by atoms with Crippen molar-refractivity contribution in [3.05, 3.63) is 48.0 Å². The van der Waals surface area contributed by atoms with Crippen LogP contribution in [0, 0.1) is 0 Å². The van der Waals surface area contributed by atoms with E-state index in [0.29, 0.717) is 31.6 Å². The maximum atomic E-state index is 13.2. The van der Waals surface area contributed by atoms with Crippen LogP contribution in [0.1, 0.15) is 36.7 Å². The molecule has 8 heteroatoms. The van der Waals surface area contributed by atoms with Crippen molar-refractivity contribution >= 4 is 21.6 Å². The second-order valence-electron chi connectivity index (χ2n) is 7.37. The van der Waals surface area contributed by atoms with Crippen LogP contribution in [0.15, 0.2) is 36.7 Å². The van der Waals surface area contributed by atoms with Crippen LogP contribution >= 0.6 is 0 Å². The molecule has 1 aromatic heterocycles. The summed E-state index contributed by atoms with van der Waals surface area (Å²) in [6, 6.07) is 6.94. The highest BCUT2D eigenvalue weighted by Crippen LogP contribution is 2.56. The van der Waals surface area contributed by atoms with Crippen LogP contribution in [0.4, 0.5) is 5.69 Å². The Morgan fingerprint density at radius 3 is 2.73 bits per heavy atom. The summed E-state index contributed by atoms with van der Waals surface area (Å²) >= 11 is 0. The van der Waals surface area contributed by atoms with E-state index in [4.69, 9.17) is 0 Å². The van der Waals surface area contributed by atoms with E-state index in [1.54, 1.807) is 12.4 Å². The van der Waals surface area contributed by atoms with Gasteiger partial charge in [0.25, 0.3) is 0 Å². The molecule has 3 aliphatic rings. The third kappa shape index (κ3) is 1.94. The van der Waals surface area contributed by atoms with Gasteiger partial charge < -0.3 is 9.88 Å². The summed E-state index contributed by atoms with van der Waals surface area (Å²) in [6.45, 7) is 0.331. The minimum Gasteiger partial charge on any atom is -0.337 e. The Morgan fingerprint density at radius 1 is 1.27 bits per heavy atom. The number of sulfonamides is 1. The summed E-state index contributed by atoms with van der Waals surface area (Å²) in [5, 5.41) is 2.64. The topological polar surface area (TPSA) is 84.3 Å². The average molecular weight is 372 g/mol. The molecule has 2 atom stereocenters. The fourth-order valence-corrected chi connectivity index (χ4v) is 6.51. The van der Waals surface area contributed by atoms with E-state index in [1.165, 1.54) is 4.31 Å². The zero-order valence-electron chi connectivity index (χ0n) is 14.4. The zero-order chi connectivity index (χ0) is 18.1. The van der Waals surface area contributed by atoms with E-state index in [1.807, 2.05) is 35.9 Å². The Hall–Kier alpha value is -2.19. The van der Waals surface area contributed by atoms with E-state index < -0.39 is 21.5 Å². The smallest absolute Gasteiger partial charge is 0.237 e. The summed E-state index contributed by atoms with van der Waals surface area (Å²) in [4.78, 5) is 17.6. The summed E-state index contributed by atoms with van der Waals surface area (Å²) in [5.41, 5.74) is 0.700. The number of aryl methyl sites for hydroxylation is 1. The first-order valence-electron chi connectivity index (χ1n) is 8.85. The molecule has 2 aliphatic heterocycles. The van der Waals surface area contributed by atoms with Gasteiger partial charge >= 0.3 is 0 Å². The lowest BCUT2D eigenvalue weighted by atomic mass is 9.75. The minimum atomic E-state index is -3.45. The molecule has 0 bridgehead atoms. The van der Waals surface area contributed by atoms with Gasteiger partial charge in [-0.25, -0.2) is 13.4 Å². The highest BCUT2D eigenvalue weighted by molar-refractivity contribution is 7.90. The monoisotopic (exact) mass is 372 g/mol. The van der Waals surface area contributed by atoms with Crippen molar-refractivity contribution < 1.29 is 13.2 Å². The van der Waals surface area contributed by atoms with Crippen molar-refractivity contribution in [3.63, 3.8) is 0 Å². The van der Waals surface area contributed by atoms with Gasteiger partial charge in [-0.15, -0.1) is 0 Å². The molecule has 0 radical (unpaired) electrons. The van der Waals surface area contributed by atoms with Crippen LogP contribution in [0.3, 0.4) is 0 Å². The number of nitrogens with one attached hydrogen (secondary N) is 1. The lowest BCUT2D eigenvalue weighted by Gasteiger charge is -2.33. The molecule has 0 unspecified atom stereocenters. The van der Waals surface area contributed by atoms with Crippen LogP contribution in [-0.2, 0) is 27.3 Å². The molecule has 2 fully saturated rings. The van der Waals surface area contributed by atoms with Crippen molar-refractivity contribution in [2.75, 3.05) is 11.9 Å². The van der Waals surface area contributed by atoms with E-state index >= 15 is 0 Å². The molecule has 5 rings (SSSR count). The van der Waals surface area contributed by atoms with Crippen LogP contribution in [-0.4, -0.2) is 40.0 Å². The molecule has 26 heavy (non-hydrogen) atoms. The summed E-state index contributed by atoms with van der Waals surface area (Å²) in [6.07, 6.45) is 5.30. The first kappa shape index (κ1) is 16.0. The van der Waals surface area contributed by atoms with Gasteiger partial charge in [0.15, 0.2) is 0 Å². The molecule has 2 aromatic rings. The molecule has 3 heterocycles. The van der Waals surface area contributed by atoms with Crippen LogP contribution in [0.25, 0.3) is 0 Å². The maximum Gasteiger partial charge on any atom is 0.237 e. The molecule has 1 amide bonds. The number of carbonyl (C=O) groups is 1. The number of benzene rings is 1. The van der Waals surface area contributed by atoms with Gasteiger partial charge in [-0.1, -0.05) is 18.2 Å². The van der Waals surface area contributed by atoms with Crippen LogP contribution < -0.4 is 5.32 Å². The van der Waals surface area contributed by atoms with Gasteiger partial charge in [0, 0.05) is 31.7 Å². The predicted octanol–water partition coefficient (Wildman–Crippen LogP) is 1.55. The van der Waals surface area contributed by atoms with Gasteiger partial charge in [-0.3, -0.25) is 4.79 Å². The average Bonchev–Trinajstić information content (AvgIpc) is 3.20. The molecular weight excluding hydrogens is 352 g/mol. The van der Waals surface area contributed by atoms with Gasteiger partial charge in [0.2, 0.25) is 15.9 Å². The lowest BCUT2D eigenvalue weighted by molar-refractivity contribution is -0.121. The molecule has 1 aliphatic carbocycles. The van der Waals surface area contributed by atoms with Gasteiger partial charge in [0.1, 0.15) is 17.3 Å². The highest BCUT2D eigenvalue weighted by atomic mass is 32.2. The minimum absolute atomic E-state index is 0.139. The molecule has 1 saturated heterocycles. The number of amides is 1. The standard InChI is InChI=1S/C18H20N4O3S/c1-21-11-9-19-16(21)15-18(8-10-22(15)26(24,25)12-6-7-12)13-4-2-3-5-14(13)20-17(18)23/h2-5,9,11-12,15H,6-8,10H2,1H3,(H,20,23)/t15-,18+/m0/s1. The third-order valence-electron chi connectivity index (χ3n) is 5.92. The van der Waals surface area contributed by atoms with Gasteiger partial charge in [-0.2, -0.15) is 4.31 Å². The number of anilines is 1. The predicted molar refractivity (Wildman–Crippen MR) is 96.0 cm³/mol. The van der Waals surface area contributed by atoms with Gasteiger partial charge in [-0.05, 0) is 30.9 Å². The fourth-order valence-electron chi connectivity index (χ4n) is 4.48. The third-order valence-corrected chi connectivity index (χ3v) is 8.28. The molecule has 1 spiro atoms. The Kier molecular flexibility index (Phi) is 3.19. The van der Waals surface area contributed by atoms with Gasteiger partial charge in [0.05, 0.1) is 5.25 Å². The number of aromatic nitrogens is 2. The number of carbonyl (C=O) groups excluding carboxylic acids is 1. The number of imidazole rings is 1. The zero-order valence-corrected chi connectivity index (χ0v) is 15.2. The highest BCUT2D eigenvalue weighted by Gasteiger charge is 2.63. The maximum absolute atomic E-state index is 13.2. The lowest BCUT2D eigenvalue weighted by Crippen LogP contribution is -2.44. The Balaban J connectivity index is 1.74.